The van der Waals surface area contributed by atoms with Crippen LogP contribution in [0.4, 0.5) is 0 Å². The maximum atomic E-state index is 5.84. The Kier molecular flexibility index (Phi) is 5.49. The fourth-order valence-electron chi connectivity index (χ4n) is 3.89. The molecule has 3 nitrogen and oxygen atoms in total. The van der Waals surface area contributed by atoms with Crippen LogP contribution in [-0.2, 0) is 4.74 Å². The minimum atomic E-state index is 0.281. The van der Waals surface area contributed by atoms with Crippen LogP contribution in [-0.4, -0.2) is 49.3 Å². The smallest absolute Gasteiger partial charge is 0.0655 e. The van der Waals surface area contributed by atoms with Gasteiger partial charge in [-0.05, 0) is 52.1 Å². The average Bonchev–Trinajstić information content (AvgIpc) is 2.46. The SMILES string of the molecule is CCOC1CC(NC(C)C2CCCN(CC)C2)C1(C)C. The summed E-state index contributed by atoms with van der Waals surface area (Å²) in [6.45, 7) is 16.1. The van der Waals surface area contributed by atoms with Crippen molar-refractivity contribution >= 4 is 0 Å². The summed E-state index contributed by atoms with van der Waals surface area (Å²) in [4.78, 5) is 2.60. The quantitative estimate of drug-likeness (QED) is 0.811. The largest absolute Gasteiger partial charge is 0.378 e. The molecule has 0 radical (unpaired) electrons. The monoisotopic (exact) mass is 282 g/mol. The van der Waals surface area contributed by atoms with Gasteiger partial charge in [0.05, 0.1) is 6.10 Å². The van der Waals surface area contributed by atoms with Gasteiger partial charge in [-0.3, -0.25) is 0 Å². The highest BCUT2D eigenvalue weighted by molar-refractivity contribution is 5.04. The zero-order chi connectivity index (χ0) is 14.8. The first kappa shape index (κ1) is 16.3. The third-order valence-corrected chi connectivity index (χ3v) is 5.71. The number of likely N-dealkylation sites (tertiary alicyclic amines) is 1. The Balaban J connectivity index is 1.81. The van der Waals surface area contributed by atoms with E-state index in [9.17, 15) is 0 Å². The Morgan fingerprint density at radius 2 is 2.10 bits per heavy atom. The normalized spacial score (nSPS) is 35.5. The first-order valence-electron chi connectivity index (χ1n) is 8.59. The van der Waals surface area contributed by atoms with Crippen LogP contribution in [0.3, 0.4) is 0 Å². The highest BCUT2D eigenvalue weighted by Gasteiger charge is 2.49. The fourth-order valence-corrected chi connectivity index (χ4v) is 3.89. The van der Waals surface area contributed by atoms with Crippen LogP contribution >= 0.6 is 0 Å². The molecule has 0 bridgehead atoms. The molecule has 0 spiro atoms. The highest BCUT2D eigenvalue weighted by atomic mass is 16.5. The Hall–Kier alpha value is -0.120. The number of hydrogen-bond acceptors (Lipinski definition) is 3. The van der Waals surface area contributed by atoms with E-state index in [1.165, 1.54) is 38.9 Å². The number of hydrogen-bond donors (Lipinski definition) is 1. The summed E-state index contributed by atoms with van der Waals surface area (Å²) in [6.07, 6.45) is 4.36. The zero-order valence-corrected chi connectivity index (χ0v) is 14.1. The van der Waals surface area contributed by atoms with Gasteiger partial charge in [-0.2, -0.15) is 0 Å². The van der Waals surface area contributed by atoms with Gasteiger partial charge in [0.2, 0.25) is 0 Å². The van der Waals surface area contributed by atoms with Gasteiger partial charge in [-0.25, -0.2) is 0 Å². The van der Waals surface area contributed by atoms with Gasteiger partial charge in [0, 0.05) is 30.7 Å². The molecule has 1 saturated heterocycles. The van der Waals surface area contributed by atoms with Crippen molar-refractivity contribution < 1.29 is 4.74 Å². The van der Waals surface area contributed by atoms with E-state index in [2.05, 4.69) is 44.8 Å². The maximum absolute atomic E-state index is 5.84. The van der Waals surface area contributed by atoms with E-state index in [-0.39, 0.29) is 5.41 Å². The summed E-state index contributed by atoms with van der Waals surface area (Å²) in [6, 6.07) is 1.24. The third-order valence-electron chi connectivity index (χ3n) is 5.71. The molecule has 3 heteroatoms. The standard InChI is InChI=1S/C17H34N2O/c1-6-19-10-8-9-14(12-19)13(3)18-15-11-16(20-7-2)17(15,4)5/h13-16,18H,6-12H2,1-5H3. The van der Waals surface area contributed by atoms with E-state index in [0.717, 1.165) is 12.5 Å². The molecule has 1 aliphatic heterocycles. The van der Waals surface area contributed by atoms with Gasteiger partial charge >= 0.3 is 0 Å². The fraction of sp³-hybridized carbons (Fsp3) is 1.00. The second kappa shape index (κ2) is 6.76. The Morgan fingerprint density at radius 3 is 2.70 bits per heavy atom. The van der Waals surface area contributed by atoms with Gasteiger partial charge in [-0.1, -0.05) is 20.8 Å². The number of ether oxygens (including phenoxy) is 1. The molecule has 4 unspecified atom stereocenters. The summed E-state index contributed by atoms with van der Waals surface area (Å²) in [5.41, 5.74) is 0.281. The molecule has 2 aliphatic rings. The second-order valence-corrected chi connectivity index (χ2v) is 7.30. The zero-order valence-electron chi connectivity index (χ0n) is 14.1. The van der Waals surface area contributed by atoms with E-state index in [0.29, 0.717) is 18.2 Å². The number of nitrogens with zero attached hydrogens (tertiary/aromatic N) is 1. The molecular weight excluding hydrogens is 248 g/mol. The summed E-state index contributed by atoms with van der Waals surface area (Å²) >= 11 is 0. The van der Waals surface area contributed by atoms with Crippen molar-refractivity contribution in [2.75, 3.05) is 26.2 Å². The van der Waals surface area contributed by atoms with Gasteiger partial charge in [0.1, 0.15) is 0 Å². The summed E-state index contributed by atoms with van der Waals surface area (Å²) < 4.78 is 5.84. The Bertz CT molecular complexity index is 305. The first-order chi connectivity index (χ1) is 9.48. The molecule has 1 N–H and O–H groups in total. The lowest BCUT2D eigenvalue weighted by atomic mass is 9.64. The minimum absolute atomic E-state index is 0.281. The molecule has 20 heavy (non-hydrogen) atoms. The molecular formula is C17H34N2O. The van der Waals surface area contributed by atoms with Crippen molar-refractivity contribution in [3.05, 3.63) is 0 Å². The van der Waals surface area contributed by atoms with E-state index in [1.54, 1.807) is 0 Å². The maximum Gasteiger partial charge on any atom is 0.0655 e. The molecule has 0 aromatic heterocycles. The van der Waals surface area contributed by atoms with Crippen molar-refractivity contribution in [1.82, 2.24) is 10.2 Å². The van der Waals surface area contributed by atoms with Crippen molar-refractivity contribution in [3.63, 3.8) is 0 Å². The topological polar surface area (TPSA) is 24.5 Å². The molecule has 1 saturated carbocycles. The van der Waals surface area contributed by atoms with Crippen LogP contribution in [0.25, 0.3) is 0 Å². The first-order valence-corrected chi connectivity index (χ1v) is 8.59. The van der Waals surface area contributed by atoms with Crippen LogP contribution in [0, 0.1) is 11.3 Å². The molecule has 1 heterocycles. The van der Waals surface area contributed by atoms with E-state index < -0.39 is 0 Å². The Labute approximate surface area is 125 Å². The van der Waals surface area contributed by atoms with E-state index in [1.807, 2.05) is 0 Å². The van der Waals surface area contributed by atoms with Crippen molar-refractivity contribution in [1.29, 1.82) is 0 Å². The summed E-state index contributed by atoms with van der Waals surface area (Å²) in [5.74, 6) is 0.811. The van der Waals surface area contributed by atoms with Crippen LogP contribution in [0.2, 0.25) is 0 Å². The van der Waals surface area contributed by atoms with Gasteiger partial charge in [0.25, 0.3) is 0 Å². The highest BCUT2D eigenvalue weighted by Crippen LogP contribution is 2.43. The second-order valence-electron chi connectivity index (χ2n) is 7.30. The van der Waals surface area contributed by atoms with Gasteiger partial charge in [0.15, 0.2) is 0 Å². The van der Waals surface area contributed by atoms with Crippen molar-refractivity contribution in [2.45, 2.75) is 72.1 Å². The minimum Gasteiger partial charge on any atom is -0.378 e. The summed E-state index contributed by atoms with van der Waals surface area (Å²) in [5, 5.41) is 3.90. The molecule has 0 amide bonds. The van der Waals surface area contributed by atoms with Crippen molar-refractivity contribution in [2.24, 2.45) is 11.3 Å². The Morgan fingerprint density at radius 1 is 1.35 bits per heavy atom. The predicted octanol–water partition coefficient (Wildman–Crippen LogP) is 2.90. The van der Waals surface area contributed by atoms with Crippen LogP contribution in [0.5, 0.6) is 0 Å². The van der Waals surface area contributed by atoms with Gasteiger partial charge < -0.3 is 15.0 Å². The van der Waals surface area contributed by atoms with Gasteiger partial charge in [-0.15, -0.1) is 0 Å². The van der Waals surface area contributed by atoms with Crippen LogP contribution < -0.4 is 5.32 Å². The van der Waals surface area contributed by atoms with Crippen LogP contribution in [0.15, 0.2) is 0 Å². The molecule has 2 fully saturated rings. The van der Waals surface area contributed by atoms with E-state index >= 15 is 0 Å². The lowest BCUT2D eigenvalue weighted by Gasteiger charge is -2.53. The lowest BCUT2D eigenvalue weighted by Crippen LogP contribution is -2.63. The summed E-state index contributed by atoms with van der Waals surface area (Å²) in [7, 11) is 0. The van der Waals surface area contributed by atoms with E-state index in [4.69, 9.17) is 4.74 Å². The third kappa shape index (κ3) is 3.37. The number of rotatable bonds is 6. The molecule has 118 valence electrons. The molecule has 4 atom stereocenters. The predicted molar refractivity (Wildman–Crippen MR) is 85.0 cm³/mol. The lowest BCUT2D eigenvalue weighted by molar-refractivity contribution is -0.117. The molecule has 0 aromatic rings. The molecule has 1 aliphatic carbocycles. The molecule has 2 rings (SSSR count). The molecule has 0 aromatic carbocycles. The average molecular weight is 282 g/mol. The van der Waals surface area contributed by atoms with Crippen molar-refractivity contribution in [3.8, 4) is 0 Å². The number of nitrogens with one attached hydrogen (secondary N) is 1. The number of piperidine rings is 1. The van der Waals surface area contributed by atoms with Crippen LogP contribution in [0.1, 0.15) is 53.9 Å².